The molecule has 1 atom stereocenters. The first-order valence-corrected chi connectivity index (χ1v) is 8.08. The number of nitrogens with two attached hydrogens (primary N) is 1. The van der Waals surface area contributed by atoms with Crippen LogP contribution in [0.4, 0.5) is 11.5 Å². The van der Waals surface area contributed by atoms with Crippen LogP contribution < -0.4 is 11.1 Å². The minimum absolute atomic E-state index is 0.142. The van der Waals surface area contributed by atoms with Crippen LogP contribution in [0.25, 0.3) is 16.9 Å². The van der Waals surface area contributed by atoms with Crippen LogP contribution in [-0.4, -0.2) is 19.6 Å². The van der Waals surface area contributed by atoms with Crippen molar-refractivity contribution in [2.24, 2.45) is 0 Å². The first kappa shape index (κ1) is 15.1. The van der Waals surface area contributed by atoms with Crippen molar-refractivity contribution in [3.05, 3.63) is 72.7 Å². The third-order valence-corrected chi connectivity index (χ3v) is 4.11. The van der Waals surface area contributed by atoms with Gasteiger partial charge in [0.15, 0.2) is 5.82 Å². The molecular formula is C19H18N6. The molecule has 3 aromatic heterocycles. The van der Waals surface area contributed by atoms with Gasteiger partial charge in [0.1, 0.15) is 5.82 Å². The van der Waals surface area contributed by atoms with Crippen LogP contribution in [-0.2, 0) is 0 Å². The quantitative estimate of drug-likeness (QED) is 0.598. The lowest BCUT2D eigenvalue weighted by Gasteiger charge is -2.15. The van der Waals surface area contributed by atoms with Crippen LogP contribution in [0.1, 0.15) is 18.5 Å². The molecule has 0 radical (unpaired) electrons. The van der Waals surface area contributed by atoms with Gasteiger partial charge in [0.05, 0.1) is 17.3 Å². The summed E-state index contributed by atoms with van der Waals surface area (Å²) >= 11 is 0. The largest absolute Gasteiger partial charge is 0.399 e. The molecule has 6 heteroatoms. The number of nitrogens with one attached hydrogen (secondary N) is 1. The normalized spacial score (nSPS) is 12.2. The number of hydrogen-bond donors (Lipinski definition) is 2. The van der Waals surface area contributed by atoms with E-state index < -0.39 is 0 Å². The van der Waals surface area contributed by atoms with Gasteiger partial charge in [-0.3, -0.25) is 0 Å². The fourth-order valence-corrected chi connectivity index (χ4v) is 2.79. The van der Waals surface area contributed by atoms with Crippen molar-refractivity contribution < 1.29 is 0 Å². The summed E-state index contributed by atoms with van der Waals surface area (Å²) in [4.78, 5) is 9.04. The molecule has 0 saturated carbocycles. The summed E-state index contributed by atoms with van der Waals surface area (Å²) in [5.41, 5.74) is 9.51. The van der Waals surface area contributed by atoms with Crippen molar-refractivity contribution in [3.63, 3.8) is 0 Å². The van der Waals surface area contributed by atoms with Gasteiger partial charge in [0.2, 0.25) is 0 Å². The smallest absolute Gasteiger partial charge is 0.165 e. The van der Waals surface area contributed by atoms with Crippen molar-refractivity contribution in [1.29, 1.82) is 0 Å². The topological polar surface area (TPSA) is 81.1 Å². The lowest BCUT2D eigenvalue weighted by molar-refractivity contribution is 0.873. The van der Waals surface area contributed by atoms with Gasteiger partial charge in [-0.15, -0.1) is 0 Å². The van der Waals surface area contributed by atoms with E-state index in [4.69, 9.17) is 5.73 Å². The second kappa shape index (κ2) is 6.24. The minimum Gasteiger partial charge on any atom is -0.399 e. The summed E-state index contributed by atoms with van der Waals surface area (Å²) in [6, 6.07) is 15.9. The van der Waals surface area contributed by atoms with Gasteiger partial charge >= 0.3 is 0 Å². The van der Waals surface area contributed by atoms with Gasteiger partial charge in [-0.2, -0.15) is 5.10 Å². The fraction of sp³-hybridized carbons (Fsp3) is 0.105. The van der Waals surface area contributed by atoms with Gasteiger partial charge in [0.25, 0.3) is 0 Å². The molecule has 0 aliphatic carbocycles. The van der Waals surface area contributed by atoms with E-state index in [1.165, 1.54) is 5.56 Å². The Morgan fingerprint density at radius 1 is 1.12 bits per heavy atom. The van der Waals surface area contributed by atoms with Crippen molar-refractivity contribution in [2.75, 3.05) is 11.1 Å². The summed E-state index contributed by atoms with van der Waals surface area (Å²) < 4.78 is 1.77. The van der Waals surface area contributed by atoms with Gasteiger partial charge < -0.3 is 11.1 Å². The van der Waals surface area contributed by atoms with Gasteiger partial charge in [-0.25, -0.2) is 14.5 Å². The molecule has 0 aliphatic rings. The van der Waals surface area contributed by atoms with E-state index >= 15 is 0 Å². The summed E-state index contributed by atoms with van der Waals surface area (Å²) in [7, 11) is 0. The number of anilines is 2. The average Bonchev–Trinajstić information content (AvgIpc) is 3.05. The number of benzene rings is 1. The monoisotopic (exact) mass is 330 g/mol. The number of nitrogen functional groups attached to an aromatic ring is 1. The van der Waals surface area contributed by atoms with Crippen LogP contribution in [0.5, 0.6) is 0 Å². The Morgan fingerprint density at radius 3 is 2.80 bits per heavy atom. The van der Waals surface area contributed by atoms with E-state index in [0.29, 0.717) is 11.5 Å². The molecule has 4 rings (SSSR count). The van der Waals surface area contributed by atoms with Gasteiger partial charge in [-0.1, -0.05) is 30.3 Å². The highest BCUT2D eigenvalue weighted by Crippen LogP contribution is 2.24. The van der Waals surface area contributed by atoms with Crippen LogP contribution in [0, 0.1) is 0 Å². The predicted molar refractivity (Wildman–Crippen MR) is 99.1 cm³/mol. The Hall–Kier alpha value is -3.41. The molecule has 3 heterocycles. The molecule has 3 N–H and O–H groups in total. The standard InChI is InChI=1S/C19H18N6/c1-13(14-5-3-2-4-6-14)23-18-7-9-21-19(24-18)16-12-22-25-10-8-15(20)11-17(16)25/h2-13H,20H2,1H3,(H,21,23,24)/t13-/m0/s1. The molecule has 4 aromatic rings. The Morgan fingerprint density at radius 2 is 1.96 bits per heavy atom. The Labute approximate surface area is 145 Å². The maximum Gasteiger partial charge on any atom is 0.165 e. The third-order valence-electron chi connectivity index (χ3n) is 4.11. The Kier molecular flexibility index (Phi) is 3.78. The second-order valence-corrected chi connectivity index (χ2v) is 5.89. The number of hydrogen-bond acceptors (Lipinski definition) is 5. The molecule has 0 aliphatic heterocycles. The fourth-order valence-electron chi connectivity index (χ4n) is 2.79. The highest BCUT2D eigenvalue weighted by molar-refractivity contribution is 5.78. The molecule has 0 bridgehead atoms. The number of fused-ring (bicyclic) bond motifs is 1. The van der Waals surface area contributed by atoms with Crippen LogP contribution in [0.3, 0.4) is 0 Å². The maximum atomic E-state index is 5.90. The molecule has 25 heavy (non-hydrogen) atoms. The molecule has 0 unspecified atom stereocenters. The molecule has 124 valence electrons. The third kappa shape index (κ3) is 3.01. The van der Waals surface area contributed by atoms with E-state index in [2.05, 4.69) is 39.4 Å². The molecule has 0 spiro atoms. The van der Waals surface area contributed by atoms with Crippen LogP contribution in [0.15, 0.2) is 67.1 Å². The van der Waals surface area contributed by atoms with Crippen molar-refractivity contribution in [3.8, 4) is 11.4 Å². The summed E-state index contributed by atoms with van der Waals surface area (Å²) in [6.45, 7) is 2.10. The molecule has 0 fully saturated rings. The highest BCUT2D eigenvalue weighted by Gasteiger charge is 2.11. The molecule has 1 aromatic carbocycles. The van der Waals surface area contributed by atoms with E-state index in [1.54, 1.807) is 16.9 Å². The zero-order valence-corrected chi connectivity index (χ0v) is 13.8. The van der Waals surface area contributed by atoms with E-state index in [9.17, 15) is 0 Å². The lowest BCUT2D eigenvalue weighted by atomic mass is 10.1. The SMILES string of the molecule is C[C@H](Nc1ccnc(-c2cnn3ccc(N)cc23)n1)c1ccccc1. The minimum atomic E-state index is 0.142. The van der Waals surface area contributed by atoms with Gasteiger partial charge in [0, 0.05) is 24.1 Å². The Bertz CT molecular complexity index is 1010. The first-order chi connectivity index (χ1) is 12.2. The highest BCUT2D eigenvalue weighted by atomic mass is 15.2. The van der Waals surface area contributed by atoms with E-state index in [-0.39, 0.29) is 6.04 Å². The summed E-state index contributed by atoms with van der Waals surface area (Å²) in [5.74, 6) is 1.38. The van der Waals surface area contributed by atoms with E-state index in [1.807, 2.05) is 42.6 Å². The average molecular weight is 330 g/mol. The molecule has 0 saturated heterocycles. The van der Waals surface area contributed by atoms with Crippen LogP contribution in [0.2, 0.25) is 0 Å². The summed E-state index contributed by atoms with van der Waals surface area (Å²) in [5, 5.41) is 7.75. The van der Waals surface area contributed by atoms with Crippen molar-refractivity contribution in [1.82, 2.24) is 19.6 Å². The number of pyridine rings is 1. The summed E-state index contributed by atoms with van der Waals surface area (Å²) in [6.07, 6.45) is 5.33. The predicted octanol–water partition coefficient (Wildman–Crippen LogP) is 3.55. The number of rotatable bonds is 4. The number of aromatic nitrogens is 4. The molecule has 6 nitrogen and oxygen atoms in total. The second-order valence-electron chi connectivity index (χ2n) is 5.89. The van der Waals surface area contributed by atoms with E-state index in [0.717, 1.165) is 16.9 Å². The number of nitrogens with zero attached hydrogens (tertiary/aromatic N) is 4. The van der Waals surface area contributed by atoms with Crippen LogP contribution >= 0.6 is 0 Å². The van der Waals surface area contributed by atoms with Crippen molar-refractivity contribution in [2.45, 2.75) is 13.0 Å². The zero-order chi connectivity index (χ0) is 17.2. The molecular weight excluding hydrogens is 312 g/mol. The van der Waals surface area contributed by atoms with Crippen molar-refractivity contribution >= 4 is 17.0 Å². The maximum absolute atomic E-state index is 5.90. The Balaban J connectivity index is 1.66. The van der Waals surface area contributed by atoms with Gasteiger partial charge in [-0.05, 0) is 30.7 Å². The molecule has 0 amide bonds. The lowest BCUT2D eigenvalue weighted by Crippen LogP contribution is -2.08. The zero-order valence-electron chi connectivity index (χ0n) is 13.8. The first-order valence-electron chi connectivity index (χ1n) is 8.08.